The first-order chi connectivity index (χ1) is 17.0. The van der Waals surface area contributed by atoms with E-state index in [1.54, 1.807) is 24.3 Å². The number of nitrogens with one attached hydrogen (secondary N) is 1. The number of phenols is 1. The molecule has 0 saturated heterocycles. The Morgan fingerprint density at radius 1 is 0.714 bits per heavy atom. The number of hydrogen-bond acceptors (Lipinski definition) is 9. The van der Waals surface area contributed by atoms with Crippen LogP contribution in [0.5, 0.6) is 5.75 Å². The van der Waals surface area contributed by atoms with Gasteiger partial charge in [-0.1, -0.05) is 53.8 Å². The Bertz CT molecular complexity index is 1260. The number of nitrogens with zero attached hydrogens (tertiary/aromatic N) is 4. The maximum absolute atomic E-state index is 12.3. The Morgan fingerprint density at radius 3 is 2.09 bits per heavy atom. The number of aryl methyl sites for hydroxylation is 2. The zero-order chi connectivity index (χ0) is 24.5. The van der Waals surface area contributed by atoms with Crippen molar-refractivity contribution in [2.24, 2.45) is 0 Å². The lowest BCUT2D eigenvalue weighted by atomic mass is 10.1. The lowest BCUT2D eigenvalue weighted by molar-refractivity contribution is -0.118. The summed E-state index contributed by atoms with van der Waals surface area (Å²) in [5.74, 6) is 0.136. The SMILES string of the molecule is O=C(Cc1ccccc1)Cc1nnc(CCCCc2nnc(NC(=O)Cc3ccc(O)cc3)s2)s1. The van der Waals surface area contributed by atoms with Gasteiger partial charge in [0.2, 0.25) is 11.0 Å². The van der Waals surface area contributed by atoms with E-state index in [0.717, 1.165) is 51.8 Å². The van der Waals surface area contributed by atoms with Gasteiger partial charge in [-0.2, -0.15) is 0 Å². The monoisotopic (exact) mass is 507 g/mol. The molecule has 0 saturated carbocycles. The van der Waals surface area contributed by atoms with Crippen molar-refractivity contribution in [1.29, 1.82) is 0 Å². The van der Waals surface area contributed by atoms with Crippen LogP contribution in [0.25, 0.3) is 0 Å². The van der Waals surface area contributed by atoms with Crippen molar-refractivity contribution in [3.63, 3.8) is 0 Å². The number of benzene rings is 2. The standard InChI is InChI=1S/C25H25N5O3S2/c31-19-12-10-18(11-13-19)15-21(33)26-25-30-28-23(35-25)9-5-4-8-22-27-29-24(34-22)16-20(32)14-17-6-2-1-3-7-17/h1-3,6-7,10-13,31H,4-5,8-9,14-16H2,(H,26,30,33). The molecule has 180 valence electrons. The number of amides is 1. The van der Waals surface area contributed by atoms with E-state index >= 15 is 0 Å². The minimum atomic E-state index is -0.173. The van der Waals surface area contributed by atoms with Crippen molar-refractivity contribution in [3.8, 4) is 5.75 Å². The van der Waals surface area contributed by atoms with Crippen LogP contribution in [0, 0.1) is 0 Å². The van der Waals surface area contributed by atoms with E-state index < -0.39 is 0 Å². The molecule has 1 amide bonds. The van der Waals surface area contributed by atoms with Crippen molar-refractivity contribution in [1.82, 2.24) is 20.4 Å². The van der Waals surface area contributed by atoms with Gasteiger partial charge < -0.3 is 10.4 Å². The van der Waals surface area contributed by atoms with Gasteiger partial charge in [0, 0.05) is 19.3 Å². The molecular weight excluding hydrogens is 482 g/mol. The molecule has 0 aliphatic rings. The minimum absolute atomic E-state index is 0.140. The fourth-order valence-electron chi connectivity index (χ4n) is 3.44. The maximum atomic E-state index is 12.3. The summed E-state index contributed by atoms with van der Waals surface area (Å²) in [6, 6.07) is 16.3. The normalized spacial score (nSPS) is 10.9. The molecule has 2 heterocycles. The van der Waals surface area contributed by atoms with Crippen LogP contribution in [0.4, 0.5) is 5.13 Å². The highest BCUT2D eigenvalue weighted by Gasteiger charge is 2.12. The first-order valence-electron chi connectivity index (χ1n) is 11.3. The molecule has 0 aliphatic heterocycles. The van der Waals surface area contributed by atoms with Gasteiger partial charge in [-0.05, 0) is 36.1 Å². The van der Waals surface area contributed by atoms with Crippen LogP contribution in [0.1, 0.15) is 39.0 Å². The summed E-state index contributed by atoms with van der Waals surface area (Å²) in [4.78, 5) is 24.5. The number of ketones is 1. The molecule has 2 N–H and O–H groups in total. The Hall–Kier alpha value is -3.50. The fourth-order valence-corrected chi connectivity index (χ4v) is 5.15. The summed E-state index contributed by atoms with van der Waals surface area (Å²) < 4.78 is 0. The molecule has 8 nitrogen and oxygen atoms in total. The third-order valence-corrected chi connectivity index (χ3v) is 7.03. The number of hydrogen-bond donors (Lipinski definition) is 2. The van der Waals surface area contributed by atoms with E-state index in [2.05, 4.69) is 25.7 Å². The van der Waals surface area contributed by atoms with Gasteiger partial charge in [0.1, 0.15) is 26.6 Å². The molecule has 0 bridgehead atoms. The van der Waals surface area contributed by atoms with Gasteiger partial charge in [-0.25, -0.2) is 0 Å². The lowest BCUT2D eigenvalue weighted by Crippen LogP contribution is -2.14. The highest BCUT2D eigenvalue weighted by molar-refractivity contribution is 7.15. The van der Waals surface area contributed by atoms with E-state index in [9.17, 15) is 14.7 Å². The second-order valence-corrected chi connectivity index (χ2v) is 10.3. The molecule has 35 heavy (non-hydrogen) atoms. The molecule has 0 fully saturated rings. The van der Waals surface area contributed by atoms with Gasteiger partial charge >= 0.3 is 0 Å². The van der Waals surface area contributed by atoms with Gasteiger partial charge in [-0.3, -0.25) is 9.59 Å². The van der Waals surface area contributed by atoms with Crippen molar-refractivity contribution in [2.75, 3.05) is 5.32 Å². The Balaban J connectivity index is 1.15. The average molecular weight is 508 g/mol. The molecule has 10 heteroatoms. The van der Waals surface area contributed by atoms with Crippen LogP contribution in [0.15, 0.2) is 54.6 Å². The molecule has 0 atom stereocenters. The number of unbranched alkanes of at least 4 members (excludes halogenated alkanes) is 1. The zero-order valence-corrected chi connectivity index (χ0v) is 20.6. The molecular formula is C25H25N5O3S2. The number of Topliss-reactive ketones (excluding diaryl/α,β-unsaturated/α-hetero) is 1. The van der Waals surface area contributed by atoms with Gasteiger partial charge in [0.15, 0.2) is 0 Å². The highest BCUT2D eigenvalue weighted by Crippen LogP contribution is 2.19. The number of aromatic nitrogens is 4. The van der Waals surface area contributed by atoms with Crippen LogP contribution < -0.4 is 5.32 Å². The summed E-state index contributed by atoms with van der Waals surface area (Å²) in [5, 5.41) is 31.8. The molecule has 4 rings (SSSR count). The maximum Gasteiger partial charge on any atom is 0.230 e. The summed E-state index contributed by atoms with van der Waals surface area (Å²) >= 11 is 2.88. The summed E-state index contributed by atoms with van der Waals surface area (Å²) in [7, 11) is 0. The van der Waals surface area contributed by atoms with Crippen molar-refractivity contribution < 1.29 is 14.7 Å². The van der Waals surface area contributed by atoms with Crippen LogP contribution in [-0.2, 0) is 41.7 Å². The molecule has 0 radical (unpaired) electrons. The summed E-state index contributed by atoms with van der Waals surface area (Å²) in [6.07, 6.45) is 4.35. The Kier molecular flexibility index (Phi) is 8.63. The lowest BCUT2D eigenvalue weighted by Gasteiger charge is -2.01. The van der Waals surface area contributed by atoms with Gasteiger partial charge in [0.05, 0.1) is 12.8 Å². The predicted molar refractivity (Wildman–Crippen MR) is 136 cm³/mol. The summed E-state index contributed by atoms with van der Waals surface area (Å²) in [5.41, 5.74) is 1.82. The third kappa shape index (κ3) is 8.04. The molecule has 2 aromatic carbocycles. The second kappa shape index (κ2) is 12.3. The molecule has 2 aromatic heterocycles. The molecule has 0 unspecified atom stereocenters. The number of rotatable bonds is 12. The van der Waals surface area contributed by atoms with E-state index in [1.165, 1.54) is 22.7 Å². The smallest absolute Gasteiger partial charge is 0.230 e. The van der Waals surface area contributed by atoms with Crippen LogP contribution in [0.3, 0.4) is 0 Å². The Morgan fingerprint density at radius 2 is 1.34 bits per heavy atom. The number of phenolic OH excluding ortho intramolecular Hbond substituents is 1. The van der Waals surface area contributed by atoms with E-state index in [4.69, 9.17) is 0 Å². The first-order valence-corrected chi connectivity index (χ1v) is 12.9. The highest BCUT2D eigenvalue weighted by atomic mass is 32.1. The van der Waals surface area contributed by atoms with E-state index in [-0.39, 0.29) is 23.9 Å². The van der Waals surface area contributed by atoms with Crippen molar-refractivity contribution in [3.05, 3.63) is 80.7 Å². The van der Waals surface area contributed by atoms with Crippen molar-refractivity contribution >= 4 is 39.5 Å². The minimum Gasteiger partial charge on any atom is -0.508 e. The topological polar surface area (TPSA) is 118 Å². The van der Waals surface area contributed by atoms with Gasteiger partial charge in [-0.15, -0.1) is 31.7 Å². The molecule has 4 aromatic rings. The van der Waals surface area contributed by atoms with Crippen LogP contribution in [0.2, 0.25) is 0 Å². The number of anilines is 1. The van der Waals surface area contributed by atoms with Crippen LogP contribution >= 0.6 is 22.7 Å². The van der Waals surface area contributed by atoms with Crippen molar-refractivity contribution in [2.45, 2.75) is 44.9 Å². The first kappa shape index (κ1) is 24.6. The number of carbonyl (C=O) groups is 2. The van der Waals surface area contributed by atoms with E-state index in [1.807, 2.05) is 30.3 Å². The summed E-state index contributed by atoms with van der Waals surface area (Å²) in [6.45, 7) is 0. The average Bonchev–Trinajstić information content (AvgIpc) is 3.48. The quantitative estimate of drug-likeness (QED) is 0.276. The van der Waals surface area contributed by atoms with Gasteiger partial charge in [0.25, 0.3) is 0 Å². The third-order valence-electron chi connectivity index (χ3n) is 5.15. The Labute approximate surface area is 211 Å². The largest absolute Gasteiger partial charge is 0.508 e. The fraction of sp³-hybridized carbons (Fsp3) is 0.280. The van der Waals surface area contributed by atoms with E-state index in [0.29, 0.717) is 18.0 Å². The van der Waals surface area contributed by atoms with Crippen LogP contribution in [-0.4, -0.2) is 37.2 Å². The molecule has 0 aliphatic carbocycles. The zero-order valence-electron chi connectivity index (χ0n) is 19.0. The second-order valence-electron chi connectivity index (χ2n) is 8.07. The number of carbonyl (C=O) groups excluding carboxylic acids is 2. The molecule has 0 spiro atoms. The number of aromatic hydroxyl groups is 1. The predicted octanol–water partition coefficient (Wildman–Crippen LogP) is 4.20.